The highest BCUT2D eigenvalue weighted by atomic mass is 19.1. The Bertz CT molecular complexity index is 514. The zero-order chi connectivity index (χ0) is 12.3. The number of benzene rings is 1. The van der Waals surface area contributed by atoms with E-state index in [1.807, 2.05) is 0 Å². The topological polar surface area (TPSA) is 55.2 Å². The van der Waals surface area contributed by atoms with Gasteiger partial charge in [0.15, 0.2) is 0 Å². The van der Waals surface area contributed by atoms with Crippen molar-refractivity contribution in [1.82, 2.24) is 9.97 Å². The molecule has 2 aromatic rings. The third-order valence-corrected chi connectivity index (χ3v) is 2.25. The molecule has 0 saturated carbocycles. The summed E-state index contributed by atoms with van der Waals surface area (Å²) in [6, 6.07) is 5.75. The Morgan fingerprint density at radius 1 is 1.29 bits per heavy atom. The van der Waals surface area contributed by atoms with Crippen molar-refractivity contribution < 1.29 is 14.2 Å². The minimum atomic E-state index is -0.329. The number of ether oxygens (including phenoxy) is 1. The second-order valence-electron chi connectivity index (χ2n) is 3.48. The first-order valence-corrected chi connectivity index (χ1v) is 5.06. The van der Waals surface area contributed by atoms with E-state index in [1.165, 1.54) is 30.5 Å². The third kappa shape index (κ3) is 2.76. The highest BCUT2D eigenvalue weighted by molar-refractivity contribution is 5.26. The molecule has 0 atom stereocenters. The lowest BCUT2D eigenvalue weighted by molar-refractivity contribution is 0.279. The lowest BCUT2D eigenvalue weighted by Gasteiger charge is -2.06. The smallest absolute Gasteiger partial charge is 0.322 e. The molecule has 0 aliphatic rings. The van der Waals surface area contributed by atoms with Crippen LogP contribution in [0, 0.1) is 12.7 Å². The normalized spacial score (nSPS) is 10.3. The highest BCUT2D eigenvalue weighted by Crippen LogP contribution is 2.18. The Kier molecular flexibility index (Phi) is 3.30. The summed E-state index contributed by atoms with van der Waals surface area (Å²) in [5, 5.41) is 8.97. The number of hydrogen-bond donors (Lipinski definition) is 1. The van der Waals surface area contributed by atoms with Crippen LogP contribution < -0.4 is 4.74 Å². The van der Waals surface area contributed by atoms with Gasteiger partial charge in [-0.3, -0.25) is 0 Å². The maximum Gasteiger partial charge on any atom is 0.322 e. The molecule has 0 amide bonds. The van der Waals surface area contributed by atoms with Gasteiger partial charge in [-0.2, -0.15) is 4.98 Å². The van der Waals surface area contributed by atoms with Gasteiger partial charge in [-0.25, -0.2) is 9.37 Å². The lowest BCUT2D eigenvalue weighted by Crippen LogP contribution is -1.98. The van der Waals surface area contributed by atoms with Gasteiger partial charge in [0.1, 0.15) is 11.6 Å². The summed E-state index contributed by atoms with van der Waals surface area (Å²) in [5.74, 6) is 0.132. The average Bonchev–Trinajstić information content (AvgIpc) is 2.32. The molecule has 5 heteroatoms. The number of hydrogen-bond acceptors (Lipinski definition) is 4. The second kappa shape index (κ2) is 4.88. The molecule has 4 nitrogen and oxygen atoms in total. The van der Waals surface area contributed by atoms with E-state index in [4.69, 9.17) is 9.84 Å². The van der Waals surface area contributed by atoms with E-state index >= 15 is 0 Å². The fourth-order valence-electron chi connectivity index (χ4n) is 1.28. The van der Waals surface area contributed by atoms with Crippen LogP contribution in [0.3, 0.4) is 0 Å². The Labute approximate surface area is 97.7 Å². The molecule has 0 aliphatic heterocycles. The van der Waals surface area contributed by atoms with Crippen LogP contribution in [0.4, 0.5) is 4.39 Å². The molecule has 1 N–H and O–H groups in total. The maximum atomic E-state index is 12.7. The molecular formula is C12H11FN2O2. The largest absolute Gasteiger partial charge is 0.424 e. The van der Waals surface area contributed by atoms with Gasteiger partial charge in [-0.05, 0) is 31.2 Å². The molecule has 1 heterocycles. The maximum absolute atomic E-state index is 12.7. The molecule has 0 aliphatic carbocycles. The van der Waals surface area contributed by atoms with Gasteiger partial charge >= 0.3 is 6.01 Å². The van der Waals surface area contributed by atoms with Gasteiger partial charge in [-0.15, -0.1) is 0 Å². The van der Waals surface area contributed by atoms with Gasteiger partial charge in [0.2, 0.25) is 0 Å². The predicted octanol–water partition coefficient (Wildman–Crippen LogP) is 2.21. The van der Waals surface area contributed by atoms with Crippen molar-refractivity contribution in [2.24, 2.45) is 0 Å². The van der Waals surface area contributed by atoms with Crippen molar-refractivity contribution in [3.8, 4) is 11.8 Å². The van der Waals surface area contributed by atoms with Crippen molar-refractivity contribution in [2.75, 3.05) is 0 Å². The Hall–Kier alpha value is -2.01. The van der Waals surface area contributed by atoms with Crippen LogP contribution in [0.25, 0.3) is 0 Å². The minimum absolute atomic E-state index is 0.108. The number of halogens is 1. The molecule has 0 spiro atoms. The van der Waals surface area contributed by atoms with E-state index in [9.17, 15) is 4.39 Å². The standard InChI is InChI=1S/C12H11FN2O2/c1-8-9(7-16)6-14-12(15-8)17-11-4-2-10(13)3-5-11/h2-6,16H,7H2,1H3. The molecule has 2 rings (SSSR count). The SMILES string of the molecule is Cc1nc(Oc2ccc(F)cc2)ncc1CO. The highest BCUT2D eigenvalue weighted by Gasteiger charge is 2.04. The van der Waals surface area contributed by atoms with Gasteiger partial charge in [0.25, 0.3) is 0 Å². The molecule has 0 bridgehead atoms. The molecule has 0 radical (unpaired) electrons. The molecule has 1 aromatic heterocycles. The van der Waals surface area contributed by atoms with Crippen LogP contribution in [0.15, 0.2) is 30.5 Å². The monoisotopic (exact) mass is 234 g/mol. The van der Waals surface area contributed by atoms with Crippen molar-refractivity contribution in [1.29, 1.82) is 0 Å². The number of aromatic nitrogens is 2. The summed E-state index contributed by atoms with van der Waals surface area (Å²) in [5.41, 5.74) is 1.30. The number of nitrogens with zero attached hydrogens (tertiary/aromatic N) is 2. The van der Waals surface area contributed by atoms with E-state index in [2.05, 4.69) is 9.97 Å². The van der Waals surface area contributed by atoms with Crippen LogP contribution in [0.1, 0.15) is 11.3 Å². The number of aryl methyl sites for hydroxylation is 1. The lowest BCUT2D eigenvalue weighted by atomic mass is 10.3. The van der Waals surface area contributed by atoms with Gasteiger partial charge in [0.05, 0.1) is 12.3 Å². The molecule has 0 unspecified atom stereocenters. The van der Waals surface area contributed by atoms with Crippen molar-refractivity contribution in [2.45, 2.75) is 13.5 Å². The first-order valence-electron chi connectivity index (χ1n) is 5.06. The fraction of sp³-hybridized carbons (Fsp3) is 0.167. The van der Waals surface area contributed by atoms with E-state index in [0.717, 1.165) is 0 Å². The summed E-state index contributed by atoms with van der Waals surface area (Å²) in [7, 11) is 0. The van der Waals surface area contributed by atoms with E-state index in [0.29, 0.717) is 17.0 Å². The Morgan fingerprint density at radius 3 is 2.59 bits per heavy atom. The number of aliphatic hydroxyl groups is 1. The molecule has 1 aromatic carbocycles. The van der Waals surface area contributed by atoms with Crippen molar-refractivity contribution >= 4 is 0 Å². The van der Waals surface area contributed by atoms with Gasteiger partial charge in [-0.1, -0.05) is 0 Å². The zero-order valence-corrected chi connectivity index (χ0v) is 9.22. The summed E-state index contributed by atoms with van der Waals surface area (Å²) in [6.07, 6.45) is 1.50. The number of rotatable bonds is 3. The van der Waals surface area contributed by atoms with Crippen LogP contribution in [-0.4, -0.2) is 15.1 Å². The first-order chi connectivity index (χ1) is 8.19. The molecule has 0 saturated heterocycles. The second-order valence-corrected chi connectivity index (χ2v) is 3.48. The molecule has 17 heavy (non-hydrogen) atoms. The molecular weight excluding hydrogens is 223 g/mol. The molecule has 88 valence electrons. The Balaban J connectivity index is 2.19. The zero-order valence-electron chi connectivity index (χ0n) is 9.22. The number of aliphatic hydroxyl groups excluding tert-OH is 1. The van der Waals surface area contributed by atoms with E-state index in [-0.39, 0.29) is 18.4 Å². The van der Waals surface area contributed by atoms with E-state index in [1.54, 1.807) is 6.92 Å². The Morgan fingerprint density at radius 2 is 2.00 bits per heavy atom. The van der Waals surface area contributed by atoms with Gasteiger partial charge < -0.3 is 9.84 Å². The fourth-order valence-corrected chi connectivity index (χ4v) is 1.28. The van der Waals surface area contributed by atoms with Crippen LogP contribution in [-0.2, 0) is 6.61 Å². The van der Waals surface area contributed by atoms with Crippen LogP contribution >= 0.6 is 0 Å². The van der Waals surface area contributed by atoms with Crippen molar-refractivity contribution in [3.63, 3.8) is 0 Å². The summed E-state index contributed by atoms with van der Waals surface area (Å²) in [6.45, 7) is 1.65. The van der Waals surface area contributed by atoms with Crippen molar-refractivity contribution in [3.05, 3.63) is 47.5 Å². The molecule has 0 fully saturated rings. The summed E-state index contributed by atoms with van der Waals surface area (Å²) in [4.78, 5) is 8.02. The first kappa shape index (κ1) is 11.5. The predicted molar refractivity (Wildman–Crippen MR) is 59.2 cm³/mol. The quantitative estimate of drug-likeness (QED) is 0.884. The van der Waals surface area contributed by atoms with E-state index < -0.39 is 0 Å². The van der Waals surface area contributed by atoms with Crippen LogP contribution in [0.2, 0.25) is 0 Å². The third-order valence-electron chi connectivity index (χ3n) is 2.25. The minimum Gasteiger partial charge on any atom is -0.424 e. The summed E-state index contributed by atoms with van der Waals surface area (Å²) >= 11 is 0. The van der Waals surface area contributed by atoms with Crippen LogP contribution in [0.5, 0.6) is 11.8 Å². The van der Waals surface area contributed by atoms with Gasteiger partial charge in [0, 0.05) is 11.8 Å². The summed E-state index contributed by atoms with van der Waals surface area (Å²) < 4.78 is 18.0. The average molecular weight is 234 g/mol.